The molecule has 0 amide bonds. The average molecular weight is 274 g/mol. The highest BCUT2D eigenvalue weighted by Crippen LogP contribution is 2.24. The second-order valence-electron chi connectivity index (χ2n) is 3.30. The topological polar surface area (TPSA) is 25.8 Å². The summed E-state index contributed by atoms with van der Waals surface area (Å²) in [6, 6.07) is 7.06. The van der Waals surface area contributed by atoms with Crippen LogP contribution in [0.15, 0.2) is 24.3 Å². The molecule has 0 fully saturated rings. The largest absolute Gasteiger partial charge is 0.216 e. The Kier molecular flexibility index (Phi) is 3.33. The van der Waals surface area contributed by atoms with Gasteiger partial charge in [-0.05, 0) is 18.6 Å². The standard InChI is InChI=1S/C11H7Cl3N2/c1-6-2-3-7(4-8(6)12)11-15-9(13)5-10(14)16-11/h2-5H,1H3. The summed E-state index contributed by atoms with van der Waals surface area (Å²) in [5, 5.41) is 1.29. The highest BCUT2D eigenvalue weighted by Gasteiger charge is 2.06. The van der Waals surface area contributed by atoms with E-state index in [1.54, 1.807) is 6.07 Å². The Bertz CT molecular complexity index is 520. The van der Waals surface area contributed by atoms with Gasteiger partial charge in [-0.15, -0.1) is 0 Å². The molecule has 0 bridgehead atoms. The van der Waals surface area contributed by atoms with E-state index in [0.29, 0.717) is 21.2 Å². The van der Waals surface area contributed by atoms with Crippen molar-refractivity contribution in [3.8, 4) is 11.4 Å². The van der Waals surface area contributed by atoms with Gasteiger partial charge in [-0.1, -0.05) is 46.9 Å². The van der Waals surface area contributed by atoms with Gasteiger partial charge >= 0.3 is 0 Å². The number of aromatic nitrogens is 2. The van der Waals surface area contributed by atoms with Gasteiger partial charge in [0.1, 0.15) is 10.3 Å². The van der Waals surface area contributed by atoms with Crippen molar-refractivity contribution in [2.75, 3.05) is 0 Å². The van der Waals surface area contributed by atoms with E-state index in [9.17, 15) is 0 Å². The molecule has 0 saturated carbocycles. The van der Waals surface area contributed by atoms with Gasteiger partial charge < -0.3 is 0 Å². The maximum Gasteiger partial charge on any atom is 0.162 e. The summed E-state index contributed by atoms with van der Waals surface area (Å²) in [6.07, 6.45) is 0. The third-order valence-electron chi connectivity index (χ3n) is 2.09. The Hall–Kier alpha value is -0.830. The lowest BCUT2D eigenvalue weighted by Gasteiger charge is -2.03. The molecule has 0 N–H and O–H groups in total. The van der Waals surface area contributed by atoms with Crippen LogP contribution in [0, 0.1) is 6.92 Å². The van der Waals surface area contributed by atoms with Crippen LogP contribution in [0.1, 0.15) is 5.56 Å². The summed E-state index contributed by atoms with van der Waals surface area (Å²) in [5.74, 6) is 0.472. The monoisotopic (exact) mass is 272 g/mol. The van der Waals surface area contributed by atoms with Crippen LogP contribution >= 0.6 is 34.8 Å². The fourth-order valence-corrected chi connectivity index (χ4v) is 1.85. The number of hydrogen-bond acceptors (Lipinski definition) is 2. The molecule has 2 aromatic rings. The average Bonchev–Trinajstić information content (AvgIpc) is 2.20. The van der Waals surface area contributed by atoms with Crippen molar-refractivity contribution in [1.29, 1.82) is 0 Å². The predicted molar refractivity (Wildman–Crippen MR) is 67.2 cm³/mol. The van der Waals surface area contributed by atoms with E-state index in [1.807, 2.05) is 19.1 Å². The van der Waals surface area contributed by atoms with Crippen LogP contribution in [0.2, 0.25) is 15.3 Å². The molecular formula is C11H7Cl3N2. The van der Waals surface area contributed by atoms with Crippen LogP contribution in [0.25, 0.3) is 11.4 Å². The lowest BCUT2D eigenvalue weighted by molar-refractivity contribution is 1.17. The number of aryl methyl sites for hydroxylation is 1. The smallest absolute Gasteiger partial charge is 0.162 e. The second-order valence-corrected chi connectivity index (χ2v) is 4.48. The third-order valence-corrected chi connectivity index (χ3v) is 2.89. The Labute approximate surface area is 108 Å². The first-order valence-corrected chi connectivity index (χ1v) is 5.66. The van der Waals surface area contributed by atoms with Crippen molar-refractivity contribution in [1.82, 2.24) is 9.97 Å². The van der Waals surface area contributed by atoms with Crippen LogP contribution in [0.3, 0.4) is 0 Å². The molecule has 0 radical (unpaired) electrons. The van der Waals surface area contributed by atoms with E-state index < -0.39 is 0 Å². The molecule has 0 atom stereocenters. The van der Waals surface area contributed by atoms with E-state index in [2.05, 4.69) is 9.97 Å². The lowest BCUT2D eigenvalue weighted by atomic mass is 10.1. The summed E-state index contributed by atoms with van der Waals surface area (Å²) in [7, 11) is 0. The first kappa shape index (κ1) is 11.6. The molecule has 0 aliphatic rings. The van der Waals surface area contributed by atoms with E-state index in [-0.39, 0.29) is 0 Å². The quantitative estimate of drug-likeness (QED) is 0.719. The molecule has 1 aromatic heterocycles. The zero-order chi connectivity index (χ0) is 11.7. The maximum atomic E-state index is 6.02. The molecule has 0 aliphatic carbocycles. The Morgan fingerprint density at radius 2 is 1.56 bits per heavy atom. The SMILES string of the molecule is Cc1ccc(-c2nc(Cl)cc(Cl)n2)cc1Cl. The van der Waals surface area contributed by atoms with Gasteiger partial charge in [-0.2, -0.15) is 0 Å². The fraction of sp³-hybridized carbons (Fsp3) is 0.0909. The van der Waals surface area contributed by atoms with Gasteiger partial charge in [0.05, 0.1) is 0 Å². The Balaban J connectivity index is 2.54. The minimum absolute atomic E-state index is 0.312. The molecule has 2 nitrogen and oxygen atoms in total. The van der Waals surface area contributed by atoms with Crippen molar-refractivity contribution in [2.45, 2.75) is 6.92 Å². The third kappa shape index (κ3) is 2.46. The zero-order valence-corrected chi connectivity index (χ0v) is 10.6. The maximum absolute atomic E-state index is 6.02. The molecular weight excluding hydrogens is 266 g/mol. The van der Waals surface area contributed by atoms with Gasteiger partial charge in [-0.3, -0.25) is 0 Å². The molecule has 2 rings (SSSR count). The Morgan fingerprint density at radius 3 is 2.12 bits per heavy atom. The van der Waals surface area contributed by atoms with Crippen LogP contribution in [0.4, 0.5) is 0 Å². The number of halogens is 3. The first-order chi connectivity index (χ1) is 7.56. The van der Waals surface area contributed by atoms with Gasteiger partial charge in [0.15, 0.2) is 5.82 Å². The van der Waals surface area contributed by atoms with Crippen molar-refractivity contribution < 1.29 is 0 Å². The van der Waals surface area contributed by atoms with E-state index in [4.69, 9.17) is 34.8 Å². The fourth-order valence-electron chi connectivity index (χ4n) is 1.25. The minimum atomic E-state index is 0.312. The van der Waals surface area contributed by atoms with Gasteiger partial charge in [0.2, 0.25) is 0 Å². The van der Waals surface area contributed by atoms with Gasteiger partial charge in [-0.25, -0.2) is 9.97 Å². The number of benzene rings is 1. The molecule has 82 valence electrons. The molecule has 0 saturated heterocycles. The van der Waals surface area contributed by atoms with Crippen molar-refractivity contribution >= 4 is 34.8 Å². The van der Waals surface area contributed by atoms with E-state index >= 15 is 0 Å². The van der Waals surface area contributed by atoms with Gasteiger partial charge in [0, 0.05) is 16.7 Å². The number of nitrogens with zero attached hydrogens (tertiary/aromatic N) is 2. The van der Waals surface area contributed by atoms with Crippen LogP contribution < -0.4 is 0 Å². The Morgan fingerprint density at radius 1 is 0.938 bits per heavy atom. The predicted octanol–water partition coefficient (Wildman–Crippen LogP) is 4.41. The van der Waals surface area contributed by atoms with Crippen molar-refractivity contribution in [3.05, 3.63) is 45.2 Å². The molecule has 0 unspecified atom stereocenters. The lowest BCUT2D eigenvalue weighted by Crippen LogP contribution is -1.90. The van der Waals surface area contributed by atoms with Crippen molar-refractivity contribution in [3.63, 3.8) is 0 Å². The van der Waals surface area contributed by atoms with Gasteiger partial charge in [0.25, 0.3) is 0 Å². The van der Waals surface area contributed by atoms with Crippen LogP contribution in [0.5, 0.6) is 0 Å². The van der Waals surface area contributed by atoms with E-state index in [0.717, 1.165) is 11.1 Å². The molecule has 1 aromatic carbocycles. The summed E-state index contributed by atoms with van der Waals surface area (Å²) >= 11 is 17.6. The summed E-state index contributed by atoms with van der Waals surface area (Å²) < 4.78 is 0. The normalized spacial score (nSPS) is 10.5. The summed E-state index contributed by atoms with van der Waals surface area (Å²) in [4.78, 5) is 8.17. The highest BCUT2D eigenvalue weighted by molar-refractivity contribution is 6.33. The van der Waals surface area contributed by atoms with Crippen LogP contribution in [-0.2, 0) is 0 Å². The first-order valence-electron chi connectivity index (χ1n) is 4.53. The number of hydrogen-bond donors (Lipinski definition) is 0. The number of rotatable bonds is 1. The van der Waals surface area contributed by atoms with Crippen LogP contribution in [-0.4, -0.2) is 9.97 Å². The molecule has 5 heteroatoms. The zero-order valence-electron chi connectivity index (χ0n) is 8.34. The molecule has 0 spiro atoms. The summed E-state index contributed by atoms with van der Waals surface area (Å²) in [6.45, 7) is 1.93. The van der Waals surface area contributed by atoms with Crippen molar-refractivity contribution in [2.24, 2.45) is 0 Å². The molecule has 16 heavy (non-hydrogen) atoms. The second kappa shape index (κ2) is 4.58. The minimum Gasteiger partial charge on any atom is -0.216 e. The highest BCUT2D eigenvalue weighted by atomic mass is 35.5. The van der Waals surface area contributed by atoms with E-state index in [1.165, 1.54) is 6.07 Å². The molecule has 1 heterocycles. The summed E-state index contributed by atoms with van der Waals surface area (Å²) in [5.41, 5.74) is 1.79. The molecule has 0 aliphatic heterocycles.